The lowest BCUT2D eigenvalue weighted by molar-refractivity contribution is -0.384. The molecule has 7 heteroatoms. The van der Waals surface area contributed by atoms with Crippen LogP contribution in [0.3, 0.4) is 0 Å². The minimum absolute atomic E-state index is 0.0324. The lowest BCUT2D eigenvalue weighted by atomic mass is 10.2. The summed E-state index contributed by atoms with van der Waals surface area (Å²) in [5.74, 6) is -0.137. The Kier molecular flexibility index (Phi) is 6.34. The van der Waals surface area contributed by atoms with Crippen LogP contribution in [0.4, 0.5) is 11.4 Å². The molecule has 0 bridgehead atoms. The van der Waals surface area contributed by atoms with E-state index in [1.54, 1.807) is 26.2 Å². The van der Waals surface area contributed by atoms with Crippen molar-refractivity contribution < 1.29 is 14.5 Å². The molecule has 1 amide bonds. The van der Waals surface area contributed by atoms with Crippen molar-refractivity contribution in [2.45, 2.75) is 23.7 Å². The number of non-ortho nitro benzene ring substituents is 1. The Morgan fingerprint density at radius 2 is 1.92 bits per heavy atom. The molecule has 0 heterocycles. The summed E-state index contributed by atoms with van der Waals surface area (Å²) in [6, 6.07) is 13.6. The van der Waals surface area contributed by atoms with Gasteiger partial charge >= 0.3 is 0 Å². The van der Waals surface area contributed by atoms with Crippen LogP contribution in [0.1, 0.15) is 12.5 Å². The van der Waals surface area contributed by atoms with Gasteiger partial charge in [0, 0.05) is 35.4 Å². The van der Waals surface area contributed by atoms with Gasteiger partial charge < -0.3 is 10.1 Å². The Morgan fingerprint density at radius 3 is 2.54 bits per heavy atom. The van der Waals surface area contributed by atoms with Crippen molar-refractivity contribution in [3.63, 3.8) is 0 Å². The zero-order chi connectivity index (χ0) is 17.5. The first-order valence-corrected chi connectivity index (χ1v) is 8.18. The van der Waals surface area contributed by atoms with Crippen LogP contribution in [0.5, 0.6) is 0 Å². The molecule has 0 radical (unpaired) electrons. The summed E-state index contributed by atoms with van der Waals surface area (Å²) in [6.07, 6.45) is 0. The first-order valence-electron chi connectivity index (χ1n) is 7.30. The number of methoxy groups -OCH3 is 1. The smallest absolute Gasteiger partial charge is 0.269 e. The van der Waals surface area contributed by atoms with Crippen LogP contribution in [-0.4, -0.2) is 23.2 Å². The largest absolute Gasteiger partial charge is 0.380 e. The number of para-hydroxylation sites is 1. The highest BCUT2D eigenvalue weighted by Crippen LogP contribution is 2.26. The number of nitrogens with one attached hydrogen (secondary N) is 1. The molecule has 24 heavy (non-hydrogen) atoms. The summed E-state index contributed by atoms with van der Waals surface area (Å²) in [6.45, 7) is 2.21. The molecule has 0 spiro atoms. The molecule has 2 aromatic rings. The first-order chi connectivity index (χ1) is 11.5. The zero-order valence-corrected chi connectivity index (χ0v) is 14.2. The predicted molar refractivity (Wildman–Crippen MR) is 94.2 cm³/mol. The van der Waals surface area contributed by atoms with Gasteiger partial charge in [-0.2, -0.15) is 0 Å². The molecule has 0 saturated heterocycles. The Labute approximate surface area is 144 Å². The predicted octanol–water partition coefficient (Wildman–Crippen LogP) is 3.86. The van der Waals surface area contributed by atoms with Gasteiger partial charge in [0.2, 0.25) is 5.91 Å². The van der Waals surface area contributed by atoms with E-state index >= 15 is 0 Å². The summed E-state index contributed by atoms with van der Waals surface area (Å²) >= 11 is 1.34. The average Bonchev–Trinajstić information content (AvgIpc) is 2.57. The van der Waals surface area contributed by atoms with Gasteiger partial charge in [-0.25, -0.2) is 0 Å². The van der Waals surface area contributed by atoms with Crippen LogP contribution < -0.4 is 5.32 Å². The number of thioether (sulfide) groups is 1. The van der Waals surface area contributed by atoms with Gasteiger partial charge in [0.1, 0.15) is 0 Å². The maximum absolute atomic E-state index is 12.4. The lowest BCUT2D eigenvalue weighted by Crippen LogP contribution is -2.23. The second-order valence-corrected chi connectivity index (χ2v) is 6.50. The number of carbonyl (C=O) groups is 1. The number of hydrogen-bond acceptors (Lipinski definition) is 5. The SMILES string of the molecule is COCc1ccccc1NC(=O)[C@@H](C)Sc1ccc([N+](=O)[O-])cc1. The normalized spacial score (nSPS) is 11.8. The molecule has 2 aromatic carbocycles. The van der Waals surface area contributed by atoms with Crippen molar-refractivity contribution in [2.75, 3.05) is 12.4 Å². The Morgan fingerprint density at radius 1 is 1.25 bits per heavy atom. The van der Waals surface area contributed by atoms with E-state index in [4.69, 9.17) is 4.74 Å². The van der Waals surface area contributed by atoms with E-state index in [0.717, 1.165) is 16.1 Å². The van der Waals surface area contributed by atoms with Crippen molar-refractivity contribution >= 4 is 29.0 Å². The van der Waals surface area contributed by atoms with Crippen LogP contribution >= 0.6 is 11.8 Å². The van der Waals surface area contributed by atoms with Crippen molar-refractivity contribution in [1.29, 1.82) is 0 Å². The van der Waals surface area contributed by atoms with Gasteiger partial charge in [0.15, 0.2) is 0 Å². The van der Waals surface area contributed by atoms with Gasteiger partial charge in [0.25, 0.3) is 5.69 Å². The van der Waals surface area contributed by atoms with Crippen molar-refractivity contribution in [2.24, 2.45) is 0 Å². The number of nitro benzene ring substituents is 1. The maximum Gasteiger partial charge on any atom is 0.269 e. The number of benzene rings is 2. The summed E-state index contributed by atoms with van der Waals surface area (Å²) in [5, 5.41) is 13.2. The highest BCUT2D eigenvalue weighted by molar-refractivity contribution is 8.00. The first kappa shape index (κ1) is 18.0. The monoisotopic (exact) mass is 346 g/mol. The van der Waals surface area contributed by atoms with Crippen LogP contribution in [0, 0.1) is 10.1 Å². The summed E-state index contributed by atoms with van der Waals surface area (Å²) in [5.41, 5.74) is 1.66. The van der Waals surface area contributed by atoms with E-state index < -0.39 is 4.92 Å². The third-order valence-corrected chi connectivity index (χ3v) is 4.42. The zero-order valence-electron chi connectivity index (χ0n) is 13.4. The number of nitrogens with zero attached hydrogens (tertiary/aromatic N) is 1. The summed E-state index contributed by atoms with van der Waals surface area (Å²) in [4.78, 5) is 23.4. The highest BCUT2D eigenvalue weighted by Gasteiger charge is 2.16. The Balaban J connectivity index is 2.01. The van der Waals surface area contributed by atoms with E-state index in [9.17, 15) is 14.9 Å². The van der Waals surface area contributed by atoms with Gasteiger partial charge in [-0.05, 0) is 25.1 Å². The molecule has 2 rings (SSSR count). The van der Waals surface area contributed by atoms with E-state index in [1.165, 1.54) is 23.9 Å². The number of rotatable bonds is 7. The molecule has 0 fully saturated rings. The molecular formula is C17H18N2O4S. The van der Waals surface area contributed by atoms with Crippen LogP contribution in [0.25, 0.3) is 0 Å². The van der Waals surface area contributed by atoms with Gasteiger partial charge in [-0.1, -0.05) is 18.2 Å². The van der Waals surface area contributed by atoms with Crippen LogP contribution in [-0.2, 0) is 16.1 Å². The van der Waals surface area contributed by atoms with Crippen molar-refractivity contribution in [3.8, 4) is 0 Å². The van der Waals surface area contributed by atoms with Gasteiger partial charge in [-0.15, -0.1) is 11.8 Å². The van der Waals surface area contributed by atoms with E-state index in [1.807, 2.05) is 24.3 Å². The second-order valence-electron chi connectivity index (χ2n) is 5.09. The van der Waals surface area contributed by atoms with E-state index in [-0.39, 0.29) is 16.8 Å². The molecule has 0 aliphatic carbocycles. The van der Waals surface area contributed by atoms with E-state index in [2.05, 4.69) is 5.32 Å². The molecular weight excluding hydrogens is 328 g/mol. The topological polar surface area (TPSA) is 81.5 Å². The van der Waals surface area contributed by atoms with Crippen molar-refractivity contribution in [3.05, 3.63) is 64.2 Å². The van der Waals surface area contributed by atoms with E-state index in [0.29, 0.717) is 6.61 Å². The summed E-state index contributed by atoms with van der Waals surface area (Å²) < 4.78 is 5.13. The standard InChI is InChI=1S/C17H18N2O4S/c1-12(24-15-9-7-14(8-10-15)19(21)22)17(20)18-16-6-4-3-5-13(16)11-23-2/h3-10,12H,11H2,1-2H3,(H,18,20)/t12-/m1/s1. The molecule has 0 aliphatic rings. The van der Waals surface area contributed by atoms with Gasteiger partial charge in [-0.3, -0.25) is 14.9 Å². The minimum atomic E-state index is -0.447. The number of anilines is 1. The van der Waals surface area contributed by atoms with Gasteiger partial charge in [0.05, 0.1) is 16.8 Å². The third kappa shape index (κ3) is 4.81. The fraction of sp³-hybridized carbons (Fsp3) is 0.235. The molecule has 0 unspecified atom stereocenters. The number of carbonyl (C=O) groups excluding carboxylic acids is 1. The third-order valence-electron chi connectivity index (χ3n) is 3.30. The molecule has 6 nitrogen and oxygen atoms in total. The van der Waals surface area contributed by atoms with Crippen LogP contribution in [0.2, 0.25) is 0 Å². The number of nitro groups is 1. The summed E-state index contributed by atoms with van der Waals surface area (Å²) in [7, 11) is 1.60. The number of ether oxygens (including phenoxy) is 1. The van der Waals surface area contributed by atoms with Crippen LogP contribution in [0.15, 0.2) is 53.4 Å². The molecule has 1 atom stereocenters. The fourth-order valence-electron chi connectivity index (χ4n) is 2.06. The van der Waals surface area contributed by atoms with Crippen molar-refractivity contribution in [1.82, 2.24) is 0 Å². The molecule has 0 aromatic heterocycles. The molecule has 0 saturated carbocycles. The number of hydrogen-bond donors (Lipinski definition) is 1. The minimum Gasteiger partial charge on any atom is -0.380 e. The molecule has 0 aliphatic heterocycles. The Hall–Kier alpha value is -2.38. The highest BCUT2D eigenvalue weighted by atomic mass is 32.2. The Bertz CT molecular complexity index is 719. The fourth-order valence-corrected chi connectivity index (χ4v) is 2.93. The number of amides is 1. The lowest BCUT2D eigenvalue weighted by Gasteiger charge is -2.14. The average molecular weight is 346 g/mol. The maximum atomic E-state index is 12.4. The second kappa shape index (κ2) is 8.47. The quantitative estimate of drug-likeness (QED) is 0.468. The molecule has 1 N–H and O–H groups in total. The molecule has 126 valence electrons.